The summed E-state index contributed by atoms with van der Waals surface area (Å²) in [5.41, 5.74) is 2.78. The Bertz CT molecular complexity index is 587. The number of nitrogens with one attached hydrogen (secondary N) is 1. The van der Waals surface area contributed by atoms with Crippen molar-refractivity contribution >= 4 is 22.9 Å². The molecule has 17 heavy (non-hydrogen) atoms. The summed E-state index contributed by atoms with van der Waals surface area (Å²) >= 11 is 1.63. The van der Waals surface area contributed by atoms with Crippen LogP contribution in [0.4, 0.5) is 0 Å². The average molecular weight is 242 g/mol. The van der Waals surface area contributed by atoms with Gasteiger partial charge in [-0.2, -0.15) is 0 Å². The first-order valence-corrected chi connectivity index (χ1v) is 6.24. The van der Waals surface area contributed by atoms with Crippen molar-refractivity contribution in [3.05, 3.63) is 48.4 Å². The van der Waals surface area contributed by atoms with E-state index in [2.05, 4.69) is 19.9 Å². The summed E-state index contributed by atoms with van der Waals surface area (Å²) in [6, 6.07) is 9.78. The third-order valence-corrected chi connectivity index (χ3v) is 3.23. The molecule has 0 aliphatic rings. The summed E-state index contributed by atoms with van der Waals surface area (Å²) in [6.45, 7) is 0. The molecule has 0 radical (unpaired) electrons. The second-order valence-electron chi connectivity index (χ2n) is 3.53. The van der Waals surface area contributed by atoms with Gasteiger partial charge in [-0.05, 0) is 24.3 Å². The number of aromatic amines is 1. The molecule has 0 bridgehead atoms. The minimum atomic E-state index is 0.760. The first kappa shape index (κ1) is 10.3. The smallest absolute Gasteiger partial charge is 0.178 e. The van der Waals surface area contributed by atoms with Gasteiger partial charge in [-0.3, -0.25) is 4.98 Å². The normalized spacial score (nSPS) is 10.8. The molecule has 3 aromatic heterocycles. The average Bonchev–Trinajstić information content (AvgIpc) is 2.80. The Morgan fingerprint density at radius 1 is 1.06 bits per heavy atom. The molecule has 5 heteroatoms. The van der Waals surface area contributed by atoms with E-state index in [0.29, 0.717) is 0 Å². The zero-order valence-electron chi connectivity index (χ0n) is 9.00. The van der Waals surface area contributed by atoms with Crippen molar-refractivity contribution in [1.82, 2.24) is 19.9 Å². The number of thioether (sulfide) groups is 1. The van der Waals surface area contributed by atoms with Crippen LogP contribution in [-0.2, 0) is 5.75 Å². The van der Waals surface area contributed by atoms with Gasteiger partial charge in [0.15, 0.2) is 10.8 Å². The molecule has 84 valence electrons. The molecule has 0 saturated carbocycles. The van der Waals surface area contributed by atoms with Crippen molar-refractivity contribution in [3.63, 3.8) is 0 Å². The lowest BCUT2D eigenvalue weighted by Crippen LogP contribution is -1.85. The minimum absolute atomic E-state index is 0.760. The number of H-pyrrole nitrogens is 1. The summed E-state index contributed by atoms with van der Waals surface area (Å²) in [6.07, 6.45) is 3.55. The fourth-order valence-electron chi connectivity index (χ4n) is 1.52. The molecule has 0 aliphatic heterocycles. The van der Waals surface area contributed by atoms with E-state index in [1.54, 1.807) is 24.2 Å². The zero-order valence-corrected chi connectivity index (χ0v) is 9.81. The Morgan fingerprint density at radius 3 is 2.82 bits per heavy atom. The van der Waals surface area contributed by atoms with Gasteiger partial charge in [0.05, 0.1) is 11.2 Å². The van der Waals surface area contributed by atoms with Crippen LogP contribution in [0.15, 0.2) is 47.9 Å². The molecule has 0 amide bonds. The molecule has 0 atom stereocenters. The molecule has 0 aromatic carbocycles. The van der Waals surface area contributed by atoms with E-state index in [0.717, 1.165) is 27.8 Å². The van der Waals surface area contributed by atoms with Gasteiger partial charge in [-0.15, -0.1) is 0 Å². The summed E-state index contributed by atoms with van der Waals surface area (Å²) < 4.78 is 0. The Hall–Kier alpha value is -1.88. The molecular formula is C12H10N4S. The first-order chi connectivity index (χ1) is 8.42. The molecule has 3 rings (SSSR count). The minimum Gasteiger partial charge on any atom is -0.332 e. The third kappa shape index (κ3) is 2.29. The van der Waals surface area contributed by atoms with Gasteiger partial charge >= 0.3 is 0 Å². The van der Waals surface area contributed by atoms with E-state index < -0.39 is 0 Å². The molecule has 0 aliphatic carbocycles. The van der Waals surface area contributed by atoms with Crippen LogP contribution in [0.5, 0.6) is 0 Å². The summed E-state index contributed by atoms with van der Waals surface area (Å²) in [4.78, 5) is 16.1. The van der Waals surface area contributed by atoms with Crippen LogP contribution in [-0.4, -0.2) is 19.9 Å². The standard InChI is InChI=1S/C12H10N4S/c1-2-6-13-9(4-1)8-17-12-15-10-5-3-7-14-11(10)16-12/h1-7H,8H2,(H,14,15,16). The second kappa shape index (κ2) is 4.55. The highest BCUT2D eigenvalue weighted by Crippen LogP contribution is 2.20. The van der Waals surface area contributed by atoms with Crippen molar-refractivity contribution in [1.29, 1.82) is 0 Å². The highest BCUT2D eigenvalue weighted by atomic mass is 32.2. The van der Waals surface area contributed by atoms with Gasteiger partial charge < -0.3 is 4.98 Å². The largest absolute Gasteiger partial charge is 0.332 e. The van der Waals surface area contributed by atoms with Crippen LogP contribution in [0.25, 0.3) is 11.2 Å². The number of hydrogen-bond acceptors (Lipinski definition) is 4. The van der Waals surface area contributed by atoms with Crippen LogP contribution in [0.2, 0.25) is 0 Å². The van der Waals surface area contributed by atoms with Gasteiger partial charge in [0.1, 0.15) is 0 Å². The van der Waals surface area contributed by atoms with Gasteiger partial charge in [0.2, 0.25) is 0 Å². The number of rotatable bonds is 3. The lowest BCUT2D eigenvalue weighted by atomic mass is 10.4. The fraction of sp³-hybridized carbons (Fsp3) is 0.0833. The second-order valence-corrected chi connectivity index (χ2v) is 4.49. The number of nitrogens with zero attached hydrogens (tertiary/aromatic N) is 3. The van der Waals surface area contributed by atoms with Gasteiger partial charge in [-0.25, -0.2) is 9.97 Å². The number of hydrogen-bond donors (Lipinski definition) is 1. The van der Waals surface area contributed by atoms with Crippen LogP contribution >= 0.6 is 11.8 Å². The van der Waals surface area contributed by atoms with Gasteiger partial charge in [0, 0.05) is 18.1 Å². The first-order valence-electron chi connectivity index (χ1n) is 5.25. The van der Waals surface area contributed by atoms with E-state index >= 15 is 0 Å². The van der Waals surface area contributed by atoms with E-state index in [-0.39, 0.29) is 0 Å². The molecule has 0 saturated heterocycles. The van der Waals surface area contributed by atoms with E-state index in [4.69, 9.17) is 0 Å². The maximum Gasteiger partial charge on any atom is 0.178 e. The number of aromatic nitrogens is 4. The lowest BCUT2D eigenvalue weighted by Gasteiger charge is -1.96. The SMILES string of the molecule is c1ccc(CSc2nc3ncccc3[nH]2)nc1. The van der Waals surface area contributed by atoms with Crippen molar-refractivity contribution in [2.24, 2.45) is 0 Å². The van der Waals surface area contributed by atoms with E-state index in [1.165, 1.54) is 0 Å². The van der Waals surface area contributed by atoms with Crippen LogP contribution in [0.1, 0.15) is 5.69 Å². The highest BCUT2D eigenvalue weighted by Gasteiger charge is 2.03. The van der Waals surface area contributed by atoms with E-state index in [1.807, 2.05) is 30.3 Å². The number of fused-ring (bicyclic) bond motifs is 1. The topological polar surface area (TPSA) is 54.5 Å². The van der Waals surface area contributed by atoms with Crippen LogP contribution < -0.4 is 0 Å². The molecule has 4 nitrogen and oxygen atoms in total. The predicted molar refractivity (Wildman–Crippen MR) is 67.7 cm³/mol. The van der Waals surface area contributed by atoms with Crippen molar-refractivity contribution in [3.8, 4) is 0 Å². The number of pyridine rings is 2. The van der Waals surface area contributed by atoms with Crippen molar-refractivity contribution in [2.45, 2.75) is 10.9 Å². The Kier molecular flexibility index (Phi) is 2.75. The maximum absolute atomic E-state index is 4.40. The molecule has 0 fully saturated rings. The Balaban J connectivity index is 1.77. The van der Waals surface area contributed by atoms with E-state index in [9.17, 15) is 0 Å². The fourth-order valence-corrected chi connectivity index (χ4v) is 2.31. The molecule has 3 aromatic rings. The molecule has 0 spiro atoms. The lowest BCUT2D eigenvalue weighted by molar-refractivity contribution is 1.06. The number of imidazole rings is 1. The van der Waals surface area contributed by atoms with Crippen LogP contribution in [0.3, 0.4) is 0 Å². The van der Waals surface area contributed by atoms with Gasteiger partial charge in [-0.1, -0.05) is 17.8 Å². The van der Waals surface area contributed by atoms with Gasteiger partial charge in [0.25, 0.3) is 0 Å². The highest BCUT2D eigenvalue weighted by molar-refractivity contribution is 7.98. The monoisotopic (exact) mass is 242 g/mol. The Morgan fingerprint density at radius 2 is 2.00 bits per heavy atom. The molecular weight excluding hydrogens is 232 g/mol. The van der Waals surface area contributed by atoms with Crippen LogP contribution in [0, 0.1) is 0 Å². The third-order valence-electron chi connectivity index (χ3n) is 2.32. The van der Waals surface area contributed by atoms with Crippen molar-refractivity contribution < 1.29 is 0 Å². The van der Waals surface area contributed by atoms with Crippen molar-refractivity contribution in [2.75, 3.05) is 0 Å². The summed E-state index contributed by atoms with van der Waals surface area (Å²) in [7, 11) is 0. The summed E-state index contributed by atoms with van der Waals surface area (Å²) in [5, 5.41) is 0.879. The maximum atomic E-state index is 4.40. The predicted octanol–water partition coefficient (Wildman–Crippen LogP) is 2.65. The molecule has 0 unspecified atom stereocenters. The zero-order chi connectivity index (χ0) is 11.5. The molecule has 3 heterocycles. The molecule has 1 N–H and O–H groups in total. The summed E-state index contributed by atoms with van der Waals surface area (Å²) in [5.74, 6) is 0.806. The quantitative estimate of drug-likeness (QED) is 0.717. The Labute approximate surface area is 103 Å².